The normalized spacial score (nSPS) is 20.8. The summed E-state index contributed by atoms with van der Waals surface area (Å²) in [5.41, 5.74) is 1.16. The number of rotatable bonds is 2. The standard InChI is InChI=1S/C13H16FNO/c1-7(2)8(3)11-9-5-4-6-10(14)12(9)15-13(11)16/h4-8,11H,1-3H3,(H,15,16). The summed E-state index contributed by atoms with van der Waals surface area (Å²) in [5.74, 6) is -0.0377. The van der Waals surface area contributed by atoms with Crippen LogP contribution in [0.3, 0.4) is 0 Å². The first-order valence-electron chi connectivity index (χ1n) is 5.61. The lowest BCUT2D eigenvalue weighted by atomic mass is 9.81. The van der Waals surface area contributed by atoms with Gasteiger partial charge in [-0.25, -0.2) is 4.39 Å². The predicted octanol–water partition coefficient (Wildman–Crippen LogP) is 3.15. The van der Waals surface area contributed by atoms with Crippen molar-refractivity contribution in [3.8, 4) is 0 Å². The lowest BCUT2D eigenvalue weighted by Crippen LogP contribution is -2.22. The maximum Gasteiger partial charge on any atom is 0.232 e. The Hall–Kier alpha value is -1.38. The second-order valence-corrected chi connectivity index (χ2v) is 4.77. The third kappa shape index (κ3) is 1.60. The zero-order chi connectivity index (χ0) is 11.9. The fourth-order valence-corrected chi connectivity index (χ4v) is 2.18. The van der Waals surface area contributed by atoms with Gasteiger partial charge < -0.3 is 5.32 Å². The lowest BCUT2D eigenvalue weighted by molar-refractivity contribution is -0.118. The molecule has 1 aromatic carbocycles. The highest BCUT2D eigenvalue weighted by molar-refractivity contribution is 6.03. The monoisotopic (exact) mass is 221 g/mol. The molecule has 1 heterocycles. The Morgan fingerprint density at radius 2 is 2.00 bits per heavy atom. The van der Waals surface area contributed by atoms with E-state index in [1.807, 2.05) is 13.0 Å². The van der Waals surface area contributed by atoms with E-state index in [1.54, 1.807) is 6.07 Å². The number of nitrogens with one attached hydrogen (secondary N) is 1. The molecule has 0 radical (unpaired) electrons. The minimum atomic E-state index is -0.343. The Bertz CT molecular complexity index is 428. The van der Waals surface area contributed by atoms with Crippen molar-refractivity contribution in [3.05, 3.63) is 29.6 Å². The Morgan fingerprint density at radius 3 is 2.62 bits per heavy atom. The van der Waals surface area contributed by atoms with E-state index in [1.165, 1.54) is 6.07 Å². The molecule has 0 aromatic heterocycles. The molecule has 0 fully saturated rings. The Morgan fingerprint density at radius 1 is 1.31 bits per heavy atom. The summed E-state index contributed by atoms with van der Waals surface area (Å²) in [6.07, 6.45) is 0. The van der Waals surface area contributed by atoms with Gasteiger partial charge in [-0.1, -0.05) is 32.9 Å². The summed E-state index contributed by atoms with van der Waals surface area (Å²) >= 11 is 0. The average molecular weight is 221 g/mol. The number of hydrogen-bond donors (Lipinski definition) is 1. The maximum atomic E-state index is 13.5. The van der Waals surface area contributed by atoms with Crippen LogP contribution in [0.1, 0.15) is 32.3 Å². The van der Waals surface area contributed by atoms with Crippen molar-refractivity contribution in [2.75, 3.05) is 5.32 Å². The molecular weight excluding hydrogens is 205 g/mol. The topological polar surface area (TPSA) is 29.1 Å². The largest absolute Gasteiger partial charge is 0.323 e. The second kappa shape index (κ2) is 3.89. The molecule has 2 nitrogen and oxygen atoms in total. The van der Waals surface area contributed by atoms with Gasteiger partial charge in [-0.2, -0.15) is 0 Å². The van der Waals surface area contributed by atoms with Gasteiger partial charge in [0.15, 0.2) is 0 Å². The van der Waals surface area contributed by atoms with E-state index in [0.717, 1.165) is 5.56 Å². The lowest BCUT2D eigenvalue weighted by Gasteiger charge is -2.21. The van der Waals surface area contributed by atoms with Crippen molar-refractivity contribution in [2.45, 2.75) is 26.7 Å². The summed E-state index contributed by atoms with van der Waals surface area (Å²) in [6.45, 7) is 6.19. The van der Waals surface area contributed by atoms with Crippen LogP contribution in [0.25, 0.3) is 0 Å². The molecule has 0 saturated heterocycles. The summed E-state index contributed by atoms with van der Waals surface area (Å²) in [5, 5.41) is 2.64. The van der Waals surface area contributed by atoms with E-state index in [2.05, 4.69) is 19.2 Å². The van der Waals surface area contributed by atoms with Crippen LogP contribution in [0.5, 0.6) is 0 Å². The molecule has 2 unspecified atom stereocenters. The van der Waals surface area contributed by atoms with E-state index in [9.17, 15) is 9.18 Å². The first kappa shape index (κ1) is 11.1. The van der Waals surface area contributed by atoms with Crippen molar-refractivity contribution in [2.24, 2.45) is 11.8 Å². The number of benzene rings is 1. The minimum Gasteiger partial charge on any atom is -0.323 e. The van der Waals surface area contributed by atoms with E-state index in [-0.39, 0.29) is 23.6 Å². The summed E-state index contributed by atoms with van der Waals surface area (Å²) in [7, 11) is 0. The van der Waals surface area contributed by atoms with Gasteiger partial charge in [0.25, 0.3) is 0 Å². The average Bonchev–Trinajstić information content (AvgIpc) is 2.55. The number of anilines is 1. The van der Waals surface area contributed by atoms with Gasteiger partial charge in [0.05, 0.1) is 11.6 Å². The van der Waals surface area contributed by atoms with Crippen LogP contribution >= 0.6 is 0 Å². The molecule has 0 bridgehead atoms. The SMILES string of the molecule is CC(C)C(C)C1C(=O)Nc2c(F)cccc21. The molecule has 1 aliphatic heterocycles. The third-order valence-electron chi connectivity index (χ3n) is 3.49. The van der Waals surface area contributed by atoms with E-state index < -0.39 is 0 Å². The van der Waals surface area contributed by atoms with Gasteiger partial charge in [-0.3, -0.25) is 4.79 Å². The fraction of sp³-hybridized carbons (Fsp3) is 0.462. The summed E-state index contributed by atoms with van der Waals surface area (Å²) in [6, 6.07) is 4.87. The summed E-state index contributed by atoms with van der Waals surface area (Å²) < 4.78 is 13.5. The number of amides is 1. The molecular formula is C13H16FNO. The van der Waals surface area contributed by atoms with Gasteiger partial charge in [-0.15, -0.1) is 0 Å². The third-order valence-corrected chi connectivity index (χ3v) is 3.49. The van der Waals surface area contributed by atoms with Gasteiger partial charge in [0.1, 0.15) is 5.82 Å². The quantitative estimate of drug-likeness (QED) is 0.816. The number of halogens is 1. The van der Waals surface area contributed by atoms with Crippen molar-refractivity contribution in [1.82, 2.24) is 0 Å². The number of carbonyl (C=O) groups is 1. The molecule has 1 N–H and O–H groups in total. The number of carbonyl (C=O) groups excluding carboxylic acids is 1. The van der Waals surface area contributed by atoms with Crippen molar-refractivity contribution in [3.63, 3.8) is 0 Å². The molecule has 0 spiro atoms. The first-order chi connectivity index (χ1) is 7.52. The Kier molecular flexibility index (Phi) is 2.70. The van der Waals surface area contributed by atoms with E-state index in [4.69, 9.17) is 0 Å². The fourth-order valence-electron chi connectivity index (χ4n) is 2.18. The molecule has 2 atom stereocenters. The molecule has 2 rings (SSSR count). The first-order valence-corrected chi connectivity index (χ1v) is 5.61. The maximum absolute atomic E-state index is 13.5. The number of para-hydroxylation sites is 1. The highest BCUT2D eigenvalue weighted by atomic mass is 19.1. The Balaban J connectivity index is 2.44. The van der Waals surface area contributed by atoms with Crippen molar-refractivity contribution < 1.29 is 9.18 Å². The minimum absolute atomic E-state index is 0.0821. The predicted molar refractivity (Wildman–Crippen MR) is 61.8 cm³/mol. The van der Waals surface area contributed by atoms with Gasteiger partial charge >= 0.3 is 0 Å². The zero-order valence-corrected chi connectivity index (χ0v) is 9.75. The molecule has 1 amide bonds. The smallest absolute Gasteiger partial charge is 0.232 e. The van der Waals surface area contributed by atoms with E-state index in [0.29, 0.717) is 11.6 Å². The highest BCUT2D eigenvalue weighted by Gasteiger charge is 2.37. The molecule has 1 aromatic rings. The Labute approximate surface area is 94.9 Å². The van der Waals surface area contributed by atoms with Crippen molar-refractivity contribution in [1.29, 1.82) is 0 Å². The van der Waals surface area contributed by atoms with Crippen LogP contribution in [0.4, 0.5) is 10.1 Å². The van der Waals surface area contributed by atoms with Gasteiger partial charge in [0, 0.05) is 0 Å². The molecule has 16 heavy (non-hydrogen) atoms. The van der Waals surface area contributed by atoms with Crippen LogP contribution in [-0.4, -0.2) is 5.91 Å². The van der Waals surface area contributed by atoms with Crippen LogP contribution in [-0.2, 0) is 4.79 Å². The zero-order valence-electron chi connectivity index (χ0n) is 9.75. The molecule has 1 aliphatic rings. The second-order valence-electron chi connectivity index (χ2n) is 4.77. The highest BCUT2D eigenvalue weighted by Crippen LogP contribution is 2.40. The molecule has 0 saturated carbocycles. The molecule has 86 valence electrons. The summed E-state index contributed by atoms with van der Waals surface area (Å²) in [4.78, 5) is 11.9. The van der Waals surface area contributed by atoms with Crippen LogP contribution < -0.4 is 5.32 Å². The van der Waals surface area contributed by atoms with Crippen LogP contribution in [0.15, 0.2) is 18.2 Å². The molecule has 3 heteroatoms. The van der Waals surface area contributed by atoms with Gasteiger partial charge in [0.2, 0.25) is 5.91 Å². The molecule has 0 aliphatic carbocycles. The van der Waals surface area contributed by atoms with E-state index >= 15 is 0 Å². The van der Waals surface area contributed by atoms with Crippen molar-refractivity contribution >= 4 is 11.6 Å². The number of hydrogen-bond acceptors (Lipinski definition) is 1. The van der Waals surface area contributed by atoms with Gasteiger partial charge in [-0.05, 0) is 23.5 Å². The van der Waals surface area contributed by atoms with Crippen LogP contribution in [0.2, 0.25) is 0 Å². The number of fused-ring (bicyclic) bond motifs is 1. The van der Waals surface area contributed by atoms with Crippen LogP contribution in [0, 0.1) is 17.7 Å².